The molecule has 0 atom stereocenters. The SMILES string of the molecule is COCCOCCOc1ccc(NC(=O)/C=C/n2cc(F)c(=O)[nH]c2=O)cc1. The van der Waals surface area contributed by atoms with Crippen LogP contribution >= 0.6 is 0 Å². The van der Waals surface area contributed by atoms with Gasteiger partial charge in [0.05, 0.1) is 26.0 Å². The van der Waals surface area contributed by atoms with E-state index in [1.54, 1.807) is 36.4 Å². The first-order valence-electron chi connectivity index (χ1n) is 8.29. The van der Waals surface area contributed by atoms with Gasteiger partial charge in [-0.2, -0.15) is 4.39 Å². The van der Waals surface area contributed by atoms with Crippen LogP contribution in [0.2, 0.25) is 0 Å². The third kappa shape index (κ3) is 6.82. The first kappa shape index (κ1) is 21.1. The van der Waals surface area contributed by atoms with Crippen molar-refractivity contribution in [3.63, 3.8) is 0 Å². The number of carbonyl (C=O) groups excluding carboxylic acids is 1. The van der Waals surface area contributed by atoms with Gasteiger partial charge in [-0.3, -0.25) is 19.1 Å². The Bertz CT molecular complexity index is 920. The molecule has 9 nitrogen and oxygen atoms in total. The molecule has 0 saturated carbocycles. The Morgan fingerprint density at radius 3 is 2.61 bits per heavy atom. The molecule has 0 spiro atoms. The summed E-state index contributed by atoms with van der Waals surface area (Å²) >= 11 is 0. The predicted molar refractivity (Wildman–Crippen MR) is 99.9 cm³/mol. The van der Waals surface area contributed by atoms with Crippen LogP contribution < -0.4 is 21.3 Å². The van der Waals surface area contributed by atoms with Crippen LogP contribution in [0.3, 0.4) is 0 Å². The Morgan fingerprint density at radius 2 is 1.89 bits per heavy atom. The third-order valence-corrected chi connectivity index (χ3v) is 3.36. The van der Waals surface area contributed by atoms with Gasteiger partial charge >= 0.3 is 5.69 Å². The highest BCUT2D eigenvalue weighted by molar-refractivity contribution is 6.00. The lowest BCUT2D eigenvalue weighted by Gasteiger charge is -2.08. The smallest absolute Gasteiger partial charge is 0.332 e. The van der Waals surface area contributed by atoms with Crippen LogP contribution in [-0.4, -0.2) is 49.0 Å². The molecule has 1 heterocycles. The Labute approximate surface area is 159 Å². The maximum Gasteiger partial charge on any atom is 0.332 e. The number of halogens is 1. The number of nitrogens with one attached hydrogen (secondary N) is 2. The topological polar surface area (TPSA) is 112 Å². The second kappa shape index (κ2) is 10.8. The summed E-state index contributed by atoms with van der Waals surface area (Å²) in [6.07, 6.45) is 2.76. The van der Waals surface area contributed by atoms with Crippen LogP contribution in [0.4, 0.5) is 10.1 Å². The van der Waals surface area contributed by atoms with Crippen LogP contribution in [0.5, 0.6) is 5.75 Å². The van der Waals surface area contributed by atoms with E-state index in [2.05, 4.69) is 5.32 Å². The molecular weight excluding hydrogens is 373 g/mol. The standard InChI is InChI=1S/C18H20FN3O6/c1-26-8-9-27-10-11-28-14-4-2-13(3-5-14)20-16(23)6-7-22-12-15(19)17(24)21-18(22)25/h2-7,12H,8-11H2,1H3,(H,20,23)(H,21,24,25)/b7-6+. The highest BCUT2D eigenvalue weighted by Crippen LogP contribution is 2.15. The molecular formula is C18H20FN3O6. The van der Waals surface area contributed by atoms with Gasteiger partial charge < -0.3 is 19.5 Å². The van der Waals surface area contributed by atoms with Gasteiger partial charge in [0.15, 0.2) is 0 Å². The summed E-state index contributed by atoms with van der Waals surface area (Å²) in [5.41, 5.74) is -1.48. The van der Waals surface area contributed by atoms with E-state index in [4.69, 9.17) is 14.2 Å². The summed E-state index contributed by atoms with van der Waals surface area (Å²) in [5, 5.41) is 2.57. The molecule has 0 bridgehead atoms. The highest BCUT2D eigenvalue weighted by atomic mass is 19.1. The molecule has 1 amide bonds. The van der Waals surface area contributed by atoms with Crippen LogP contribution in [0, 0.1) is 5.82 Å². The summed E-state index contributed by atoms with van der Waals surface area (Å²) in [6.45, 7) is 1.82. The van der Waals surface area contributed by atoms with Crippen molar-refractivity contribution < 1.29 is 23.4 Å². The number of rotatable bonds is 10. The molecule has 2 rings (SSSR count). The van der Waals surface area contributed by atoms with Crippen molar-refractivity contribution in [1.82, 2.24) is 9.55 Å². The molecule has 10 heteroatoms. The lowest BCUT2D eigenvalue weighted by atomic mass is 10.3. The molecule has 1 aromatic carbocycles. The maximum absolute atomic E-state index is 13.2. The van der Waals surface area contributed by atoms with Crippen LogP contribution in [-0.2, 0) is 14.3 Å². The summed E-state index contributed by atoms with van der Waals surface area (Å²) in [7, 11) is 1.60. The molecule has 2 aromatic rings. The molecule has 0 saturated heterocycles. The monoisotopic (exact) mass is 393 g/mol. The van der Waals surface area contributed by atoms with Gasteiger partial charge in [0, 0.05) is 25.1 Å². The molecule has 2 N–H and O–H groups in total. The number of aromatic nitrogens is 2. The number of amides is 1. The van der Waals surface area contributed by atoms with E-state index in [0.29, 0.717) is 44.1 Å². The van der Waals surface area contributed by atoms with Gasteiger partial charge in [-0.1, -0.05) is 0 Å². The summed E-state index contributed by atoms with van der Waals surface area (Å²) in [4.78, 5) is 36.1. The number of H-pyrrole nitrogens is 1. The average Bonchev–Trinajstić information content (AvgIpc) is 2.67. The van der Waals surface area contributed by atoms with E-state index < -0.39 is 23.0 Å². The second-order valence-corrected chi connectivity index (χ2v) is 5.43. The van der Waals surface area contributed by atoms with Gasteiger partial charge in [0.1, 0.15) is 12.4 Å². The minimum Gasteiger partial charge on any atom is -0.491 e. The van der Waals surface area contributed by atoms with Gasteiger partial charge in [0.2, 0.25) is 11.7 Å². The van der Waals surface area contributed by atoms with Crippen molar-refractivity contribution in [3.05, 3.63) is 63.2 Å². The normalized spacial score (nSPS) is 10.9. The number of methoxy groups -OCH3 is 1. The fourth-order valence-electron chi connectivity index (χ4n) is 2.00. The largest absolute Gasteiger partial charge is 0.491 e. The van der Waals surface area contributed by atoms with Crippen LogP contribution in [0.1, 0.15) is 0 Å². The van der Waals surface area contributed by atoms with Crippen molar-refractivity contribution in [1.29, 1.82) is 0 Å². The van der Waals surface area contributed by atoms with Crippen molar-refractivity contribution in [3.8, 4) is 5.75 Å². The van der Waals surface area contributed by atoms with Gasteiger partial charge in [-0.15, -0.1) is 0 Å². The minimum atomic E-state index is -1.13. The quantitative estimate of drug-likeness (QED) is 0.457. The van der Waals surface area contributed by atoms with Crippen molar-refractivity contribution in [2.24, 2.45) is 0 Å². The molecule has 28 heavy (non-hydrogen) atoms. The lowest BCUT2D eigenvalue weighted by molar-refractivity contribution is -0.111. The van der Waals surface area contributed by atoms with Gasteiger partial charge in [0.25, 0.3) is 5.56 Å². The fraction of sp³-hybridized carbons (Fsp3) is 0.278. The fourth-order valence-corrected chi connectivity index (χ4v) is 2.00. The Morgan fingerprint density at radius 1 is 1.18 bits per heavy atom. The number of carbonyl (C=O) groups is 1. The number of ether oxygens (including phenoxy) is 3. The summed E-state index contributed by atoms with van der Waals surface area (Å²) in [5.74, 6) is -1.07. The molecule has 150 valence electrons. The Kier molecular flexibility index (Phi) is 8.12. The second-order valence-electron chi connectivity index (χ2n) is 5.43. The first-order chi connectivity index (χ1) is 13.5. The zero-order chi connectivity index (χ0) is 20.4. The van der Waals surface area contributed by atoms with Gasteiger partial charge in [-0.05, 0) is 24.3 Å². The Hall–Kier alpha value is -3.24. The number of hydrogen-bond donors (Lipinski definition) is 2. The van der Waals surface area contributed by atoms with E-state index in [1.165, 1.54) is 0 Å². The van der Waals surface area contributed by atoms with Crippen molar-refractivity contribution in [2.75, 3.05) is 38.9 Å². The van der Waals surface area contributed by atoms with Gasteiger partial charge in [-0.25, -0.2) is 4.79 Å². The van der Waals surface area contributed by atoms with Crippen LogP contribution in [0.15, 0.2) is 46.1 Å². The van der Waals surface area contributed by atoms with E-state index in [9.17, 15) is 18.8 Å². The van der Waals surface area contributed by atoms with Crippen LogP contribution in [0.25, 0.3) is 6.20 Å². The minimum absolute atomic E-state index is 0.378. The van der Waals surface area contributed by atoms with Crippen molar-refractivity contribution >= 4 is 17.8 Å². The first-order valence-corrected chi connectivity index (χ1v) is 8.29. The van der Waals surface area contributed by atoms with E-state index in [1.807, 2.05) is 0 Å². The predicted octanol–water partition coefficient (Wildman–Crippen LogP) is 0.827. The average molecular weight is 393 g/mol. The highest BCUT2D eigenvalue weighted by Gasteiger charge is 2.03. The molecule has 1 aromatic heterocycles. The molecule has 0 radical (unpaired) electrons. The zero-order valence-corrected chi connectivity index (χ0v) is 15.1. The number of benzene rings is 1. The number of nitrogens with zero attached hydrogens (tertiary/aromatic N) is 1. The summed E-state index contributed by atoms with van der Waals surface area (Å²) in [6, 6.07) is 6.63. The number of anilines is 1. The molecule has 0 aliphatic carbocycles. The zero-order valence-electron chi connectivity index (χ0n) is 15.1. The number of hydrogen-bond acceptors (Lipinski definition) is 6. The van der Waals surface area contributed by atoms with E-state index >= 15 is 0 Å². The van der Waals surface area contributed by atoms with E-state index in [-0.39, 0.29) is 0 Å². The molecule has 0 aliphatic heterocycles. The molecule has 0 unspecified atom stereocenters. The lowest BCUT2D eigenvalue weighted by Crippen LogP contribution is -2.29. The van der Waals surface area contributed by atoms with Crippen molar-refractivity contribution in [2.45, 2.75) is 0 Å². The molecule has 0 aliphatic rings. The van der Waals surface area contributed by atoms with E-state index in [0.717, 1.165) is 16.8 Å². The summed E-state index contributed by atoms with van der Waals surface area (Å²) < 4.78 is 29.5. The Balaban J connectivity index is 1.83. The third-order valence-electron chi connectivity index (χ3n) is 3.36. The number of aromatic amines is 1. The molecule has 0 fully saturated rings. The maximum atomic E-state index is 13.2.